The minimum Gasteiger partial charge on any atom is -0.465 e. The summed E-state index contributed by atoms with van der Waals surface area (Å²) in [6.07, 6.45) is -3.08. The third-order valence-corrected chi connectivity index (χ3v) is 6.96. The summed E-state index contributed by atoms with van der Waals surface area (Å²) in [6.45, 7) is 1.29. The number of aromatic nitrogens is 1. The van der Waals surface area contributed by atoms with E-state index >= 15 is 0 Å². The molecule has 11 heteroatoms. The minimum absolute atomic E-state index is 0.0486. The number of amides is 1. The Hall–Kier alpha value is -3.21. The maximum absolute atomic E-state index is 13.7. The Kier molecular flexibility index (Phi) is 5.29. The Morgan fingerprint density at radius 1 is 1.03 bits per heavy atom. The second-order valence-corrected chi connectivity index (χ2v) is 8.92. The highest BCUT2D eigenvalue weighted by Gasteiger charge is 2.26. The van der Waals surface area contributed by atoms with E-state index < -0.39 is 33.9 Å². The van der Waals surface area contributed by atoms with Gasteiger partial charge in [-0.05, 0) is 36.4 Å². The molecule has 2 heterocycles. The molecule has 164 valence electrons. The van der Waals surface area contributed by atoms with Crippen LogP contribution in [-0.2, 0) is 10.0 Å². The first kappa shape index (κ1) is 21.0. The van der Waals surface area contributed by atoms with Gasteiger partial charge in [-0.1, -0.05) is 6.07 Å². The normalized spacial score (nSPS) is 15.1. The molecule has 0 bridgehead atoms. The van der Waals surface area contributed by atoms with Crippen LogP contribution in [0, 0.1) is 5.82 Å². The molecule has 0 spiro atoms. The quantitative estimate of drug-likeness (QED) is 0.651. The number of hydrogen-bond acceptors (Lipinski definition) is 4. The molecular formula is C20H18F3N3O4S. The van der Waals surface area contributed by atoms with E-state index in [1.807, 2.05) is 4.90 Å². The summed E-state index contributed by atoms with van der Waals surface area (Å²) in [4.78, 5) is 13.8. The van der Waals surface area contributed by atoms with Crippen LogP contribution in [0.2, 0.25) is 0 Å². The lowest BCUT2D eigenvalue weighted by atomic mass is 10.1. The first-order valence-electron chi connectivity index (χ1n) is 9.35. The molecule has 0 saturated carbocycles. The zero-order valence-electron chi connectivity index (χ0n) is 16.1. The first-order valence-corrected chi connectivity index (χ1v) is 10.8. The number of nitrogens with zero attached hydrogens (tertiary/aromatic N) is 3. The summed E-state index contributed by atoms with van der Waals surface area (Å²) < 4.78 is 67.8. The van der Waals surface area contributed by atoms with Crippen molar-refractivity contribution in [1.29, 1.82) is 0 Å². The Morgan fingerprint density at radius 3 is 2.35 bits per heavy atom. The standard InChI is InChI=1S/C20H18F3N3O4S/c21-13-2-1-3-15(10-13)31(29,30)26-12-17(19(22)23)16-11-14(4-5-18(16)26)24-6-8-25(9-7-24)20(27)28/h1-5,10-12,19H,6-9H2,(H,27,28). The summed E-state index contributed by atoms with van der Waals surface area (Å²) in [5.74, 6) is -0.755. The van der Waals surface area contributed by atoms with Crippen molar-refractivity contribution < 1.29 is 31.5 Å². The van der Waals surface area contributed by atoms with Gasteiger partial charge < -0.3 is 14.9 Å². The van der Waals surface area contributed by atoms with Crippen molar-refractivity contribution in [3.63, 3.8) is 0 Å². The zero-order chi connectivity index (χ0) is 22.3. The van der Waals surface area contributed by atoms with Crippen LogP contribution >= 0.6 is 0 Å². The molecule has 31 heavy (non-hydrogen) atoms. The van der Waals surface area contributed by atoms with Crippen LogP contribution < -0.4 is 4.90 Å². The van der Waals surface area contributed by atoms with Gasteiger partial charge in [0.25, 0.3) is 16.4 Å². The van der Waals surface area contributed by atoms with E-state index in [9.17, 15) is 26.4 Å². The summed E-state index contributed by atoms with van der Waals surface area (Å²) in [5, 5.41) is 9.13. The van der Waals surface area contributed by atoms with E-state index in [2.05, 4.69) is 0 Å². The number of anilines is 1. The van der Waals surface area contributed by atoms with Gasteiger partial charge in [0, 0.05) is 49.0 Å². The van der Waals surface area contributed by atoms with Gasteiger partial charge in [-0.3, -0.25) is 0 Å². The van der Waals surface area contributed by atoms with Gasteiger partial charge >= 0.3 is 6.09 Å². The van der Waals surface area contributed by atoms with Crippen LogP contribution in [0.1, 0.15) is 12.0 Å². The molecule has 1 saturated heterocycles. The lowest BCUT2D eigenvalue weighted by molar-refractivity contribution is 0.142. The lowest BCUT2D eigenvalue weighted by Crippen LogP contribution is -2.48. The van der Waals surface area contributed by atoms with Crippen LogP contribution in [0.25, 0.3) is 10.9 Å². The smallest absolute Gasteiger partial charge is 0.407 e. The molecule has 7 nitrogen and oxygen atoms in total. The van der Waals surface area contributed by atoms with E-state index in [0.29, 0.717) is 18.8 Å². The van der Waals surface area contributed by atoms with E-state index in [0.717, 1.165) is 22.3 Å². The second kappa shape index (κ2) is 7.80. The fraction of sp³-hybridized carbons (Fsp3) is 0.250. The van der Waals surface area contributed by atoms with Crippen LogP contribution in [0.4, 0.5) is 23.7 Å². The van der Waals surface area contributed by atoms with E-state index in [-0.39, 0.29) is 28.9 Å². The number of rotatable bonds is 4. The average Bonchev–Trinajstić information content (AvgIpc) is 3.14. The molecule has 1 fully saturated rings. The molecular weight excluding hydrogens is 435 g/mol. The van der Waals surface area contributed by atoms with Gasteiger partial charge in [-0.2, -0.15) is 0 Å². The van der Waals surface area contributed by atoms with E-state index in [4.69, 9.17) is 5.11 Å². The fourth-order valence-electron chi connectivity index (χ4n) is 3.68. The third-order valence-electron chi connectivity index (χ3n) is 5.29. The van der Waals surface area contributed by atoms with Gasteiger partial charge in [0.2, 0.25) is 0 Å². The predicted molar refractivity (Wildman–Crippen MR) is 108 cm³/mol. The van der Waals surface area contributed by atoms with Gasteiger partial charge in [0.1, 0.15) is 5.82 Å². The molecule has 1 N–H and O–H groups in total. The molecule has 2 aromatic carbocycles. The van der Waals surface area contributed by atoms with Crippen molar-refractivity contribution in [2.45, 2.75) is 11.3 Å². The van der Waals surface area contributed by atoms with Crippen molar-refractivity contribution in [3.05, 3.63) is 60.0 Å². The highest BCUT2D eigenvalue weighted by Crippen LogP contribution is 2.35. The Bertz CT molecular complexity index is 1250. The largest absolute Gasteiger partial charge is 0.465 e. The first-order chi connectivity index (χ1) is 14.7. The Balaban J connectivity index is 1.77. The molecule has 0 aliphatic carbocycles. The molecule has 4 rings (SSSR count). The van der Waals surface area contributed by atoms with Crippen molar-refractivity contribution in [2.75, 3.05) is 31.1 Å². The van der Waals surface area contributed by atoms with Crippen LogP contribution in [-0.4, -0.2) is 54.7 Å². The molecule has 3 aromatic rings. The number of carbonyl (C=O) groups is 1. The molecule has 1 amide bonds. The number of carboxylic acid groups (broad SMARTS) is 1. The van der Waals surface area contributed by atoms with Crippen molar-refractivity contribution >= 4 is 32.7 Å². The number of halogens is 3. The number of alkyl halides is 2. The lowest BCUT2D eigenvalue weighted by Gasteiger charge is -2.34. The van der Waals surface area contributed by atoms with Crippen molar-refractivity contribution in [1.82, 2.24) is 8.87 Å². The minimum atomic E-state index is -4.30. The van der Waals surface area contributed by atoms with Crippen LogP contribution in [0.15, 0.2) is 53.6 Å². The number of fused-ring (bicyclic) bond motifs is 1. The fourth-order valence-corrected chi connectivity index (χ4v) is 5.09. The van der Waals surface area contributed by atoms with Crippen LogP contribution in [0.5, 0.6) is 0 Å². The van der Waals surface area contributed by atoms with Crippen molar-refractivity contribution in [2.24, 2.45) is 0 Å². The van der Waals surface area contributed by atoms with Gasteiger partial charge in [0.15, 0.2) is 0 Å². The number of piperazine rings is 1. The SMILES string of the molecule is O=C(O)N1CCN(c2ccc3c(c2)c(C(F)F)cn3S(=O)(=O)c2cccc(F)c2)CC1. The molecule has 0 unspecified atom stereocenters. The second-order valence-electron chi connectivity index (χ2n) is 7.10. The topological polar surface area (TPSA) is 82.8 Å². The Morgan fingerprint density at radius 2 is 1.74 bits per heavy atom. The summed E-state index contributed by atoms with van der Waals surface area (Å²) in [6, 6.07) is 8.86. The summed E-state index contributed by atoms with van der Waals surface area (Å²) in [5.41, 5.74) is 0.175. The Labute approximate surface area is 176 Å². The highest BCUT2D eigenvalue weighted by molar-refractivity contribution is 7.90. The number of benzene rings is 2. The summed E-state index contributed by atoms with van der Waals surface area (Å²) in [7, 11) is -4.30. The maximum atomic E-state index is 13.7. The van der Waals surface area contributed by atoms with Gasteiger partial charge in [0.05, 0.1) is 10.4 Å². The molecule has 1 aliphatic rings. The highest BCUT2D eigenvalue weighted by atomic mass is 32.2. The zero-order valence-corrected chi connectivity index (χ0v) is 16.9. The van der Waals surface area contributed by atoms with E-state index in [1.54, 1.807) is 6.07 Å². The maximum Gasteiger partial charge on any atom is 0.407 e. The third kappa shape index (κ3) is 3.80. The molecule has 0 radical (unpaired) electrons. The molecule has 1 aromatic heterocycles. The van der Waals surface area contributed by atoms with E-state index in [1.165, 1.54) is 29.2 Å². The molecule has 1 aliphatic heterocycles. The van der Waals surface area contributed by atoms with Gasteiger partial charge in [-0.15, -0.1) is 0 Å². The van der Waals surface area contributed by atoms with Crippen LogP contribution in [0.3, 0.4) is 0 Å². The summed E-state index contributed by atoms with van der Waals surface area (Å²) >= 11 is 0. The average molecular weight is 453 g/mol. The van der Waals surface area contributed by atoms with Gasteiger partial charge in [-0.25, -0.2) is 30.4 Å². The number of hydrogen-bond donors (Lipinski definition) is 1. The molecule has 0 atom stereocenters. The predicted octanol–water partition coefficient (Wildman–Crippen LogP) is 3.76. The monoisotopic (exact) mass is 453 g/mol. The van der Waals surface area contributed by atoms with Crippen molar-refractivity contribution in [3.8, 4) is 0 Å².